The van der Waals surface area contributed by atoms with Crippen molar-refractivity contribution < 1.29 is 23.9 Å². The second-order valence-corrected chi connectivity index (χ2v) is 14.5. The Hall–Kier alpha value is -1.39. The highest BCUT2D eigenvalue weighted by Crippen LogP contribution is 2.21. The predicted molar refractivity (Wildman–Crippen MR) is 200 cm³/mol. The van der Waals surface area contributed by atoms with Gasteiger partial charge in [0.25, 0.3) is 6.47 Å². The summed E-state index contributed by atoms with van der Waals surface area (Å²) in [6, 6.07) is 0. The zero-order valence-corrected chi connectivity index (χ0v) is 31.6. The van der Waals surface area contributed by atoms with Gasteiger partial charge in [0.2, 0.25) is 0 Å². The highest BCUT2D eigenvalue weighted by molar-refractivity contribution is 5.69. The summed E-state index contributed by atoms with van der Waals surface area (Å²) in [4.78, 5) is 33.7. The normalized spacial score (nSPS) is 12.6. The van der Waals surface area contributed by atoms with Gasteiger partial charge in [-0.25, -0.2) is 0 Å². The standard InChI is InChI=1S/C42H80O5/c1-3-5-7-9-21-27-33-40(32-26-8-6-4-2)38-46-42(45)36-30-24-19-15-12-14-18-23-29-35-41(47-39-44)34-28-22-17-13-10-11-16-20-25-31-37-43/h37,39-41H,3-36,38H2,1-2H3. The van der Waals surface area contributed by atoms with E-state index in [1.54, 1.807) is 0 Å². The molecule has 47 heavy (non-hydrogen) atoms. The topological polar surface area (TPSA) is 69.7 Å². The number of rotatable bonds is 40. The van der Waals surface area contributed by atoms with Gasteiger partial charge in [-0.2, -0.15) is 0 Å². The fourth-order valence-corrected chi connectivity index (χ4v) is 6.74. The molecule has 2 unspecified atom stereocenters. The molecule has 0 amide bonds. The Balaban J connectivity index is 3.75. The number of aldehydes is 1. The van der Waals surface area contributed by atoms with E-state index < -0.39 is 0 Å². The molecule has 0 bridgehead atoms. The van der Waals surface area contributed by atoms with Crippen molar-refractivity contribution in [2.45, 2.75) is 238 Å². The number of hydrogen-bond acceptors (Lipinski definition) is 5. The molecule has 0 aliphatic rings. The fraction of sp³-hybridized carbons (Fsp3) is 0.929. The Morgan fingerprint density at radius 2 is 0.872 bits per heavy atom. The molecule has 0 aromatic carbocycles. The van der Waals surface area contributed by atoms with Crippen LogP contribution in [0.2, 0.25) is 0 Å². The van der Waals surface area contributed by atoms with Crippen LogP contribution >= 0.6 is 0 Å². The minimum absolute atomic E-state index is 0.0120. The third-order valence-electron chi connectivity index (χ3n) is 9.91. The fourth-order valence-electron chi connectivity index (χ4n) is 6.74. The first kappa shape index (κ1) is 45.6. The molecule has 278 valence electrons. The second-order valence-electron chi connectivity index (χ2n) is 14.5. The average Bonchev–Trinajstić information content (AvgIpc) is 3.07. The van der Waals surface area contributed by atoms with Crippen LogP contribution in [0.15, 0.2) is 0 Å². The van der Waals surface area contributed by atoms with Gasteiger partial charge in [-0.3, -0.25) is 9.59 Å². The van der Waals surface area contributed by atoms with Crippen LogP contribution in [0.4, 0.5) is 0 Å². The van der Waals surface area contributed by atoms with E-state index in [1.807, 2.05) is 0 Å². The summed E-state index contributed by atoms with van der Waals surface area (Å²) in [6.45, 7) is 5.80. The van der Waals surface area contributed by atoms with Gasteiger partial charge in [0.15, 0.2) is 0 Å². The van der Waals surface area contributed by atoms with Crippen molar-refractivity contribution in [3.05, 3.63) is 0 Å². The Kier molecular flexibility index (Phi) is 37.9. The minimum atomic E-state index is 0.0120. The number of hydrogen-bond donors (Lipinski definition) is 0. The molecule has 0 N–H and O–H groups in total. The van der Waals surface area contributed by atoms with E-state index in [0.717, 1.165) is 51.2 Å². The smallest absolute Gasteiger partial charge is 0.305 e. The third-order valence-corrected chi connectivity index (χ3v) is 9.91. The maximum Gasteiger partial charge on any atom is 0.305 e. The van der Waals surface area contributed by atoms with Crippen LogP contribution in [-0.4, -0.2) is 31.4 Å². The van der Waals surface area contributed by atoms with E-state index in [0.29, 0.717) is 31.8 Å². The van der Waals surface area contributed by atoms with Gasteiger partial charge in [0.1, 0.15) is 12.4 Å². The van der Waals surface area contributed by atoms with E-state index in [1.165, 1.54) is 161 Å². The highest BCUT2D eigenvalue weighted by Gasteiger charge is 2.13. The van der Waals surface area contributed by atoms with E-state index >= 15 is 0 Å². The van der Waals surface area contributed by atoms with Crippen molar-refractivity contribution in [1.29, 1.82) is 0 Å². The number of unbranched alkanes of at least 4 members (excludes halogenated alkanes) is 25. The van der Waals surface area contributed by atoms with Crippen LogP contribution in [0, 0.1) is 5.92 Å². The van der Waals surface area contributed by atoms with Gasteiger partial charge in [0, 0.05) is 12.8 Å². The largest absolute Gasteiger partial charge is 0.465 e. The number of ether oxygens (including phenoxy) is 2. The maximum absolute atomic E-state index is 12.4. The van der Waals surface area contributed by atoms with Crippen molar-refractivity contribution in [1.82, 2.24) is 0 Å². The SMILES string of the molecule is CCCCCCCCC(CCCCCC)COC(=O)CCCCCCCCCCCC(CCCCCCCCCCCC=O)OC=O. The van der Waals surface area contributed by atoms with Gasteiger partial charge in [-0.1, -0.05) is 168 Å². The molecule has 2 atom stereocenters. The lowest BCUT2D eigenvalue weighted by molar-refractivity contribution is -0.145. The zero-order valence-electron chi connectivity index (χ0n) is 31.6. The van der Waals surface area contributed by atoms with Crippen molar-refractivity contribution in [2.75, 3.05) is 6.61 Å². The maximum atomic E-state index is 12.4. The van der Waals surface area contributed by atoms with Gasteiger partial charge in [0.05, 0.1) is 6.61 Å². The Labute approximate surface area is 292 Å². The third kappa shape index (κ3) is 35.7. The Morgan fingerprint density at radius 1 is 0.489 bits per heavy atom. The molecular weight excluding hydrogens is 584 g/mol. The van der Waals surface area contributed by atoms with Crippen molar-refractivity contribution in [3.63, 3.8) is 0 Å². The zero-order chi connectivity index (χ0) is 34.3. The van der Waals surface area contributed by atoms with Gasteiger partial charge >= 0.3 is 5.97 Å². The molecule has 5 nitrogen and oxygen atoms in total. The molecule has 0 aliphatic heterocycles. The van der Waals surface area contributed by atoms with Crippen LogP contribution in [-0.2, 0) is 23.9 Å². The predicted octanol–water partition coefficient (Wildman–Crippen LogP) is 13.2. The minimum Gasteiger partial charge on any atom is -0.465 e. The van der Waals surface area contributed by atoms with Gasteiger partial charge in [-0.05, 0) is 57.3 Å². The average molecular weight is 665 g/mol. The summed E-state index contributed by atoms with van der Waals surface area (Å²) in [5.74, 6) is 0.561. The van der Waals surface area contributed by atoms with Crippen LogP contribution in [0.3, 0.4) is 0 Å². The quantitative estimate of drug-likeness (QED) is 0.0370. The molecule has 0 aromatic heterocycles. The molecule has 0 saturated heterocycles. The van der Waals surface area contributed by atoms with Crippen LogP contribution < -0.4 is 0 Å². The summed E-state index contributed by atoms with van der Waals surface area (Å²) in [5.41, 5.74) is 0. The Bertz CT molecular complexity index is 651. The van der Waals surface area contributed by atoms with Crippen LogP contribution in [0.1, 0.15) is 232 Å². The van der Waals surface area contributed by atoms with Crippen LogP contribution in [0.5, 0.6) is 0 Å². The summed E-state index contributed by atoms with van der Waals surface area (Å²) in [6.07, 6.45) is 41.7. The first-order valence-corrected chi connectivity index (χ1v) is 20.9. The molecule has 0 radical (unpaired) electrons. The molecule has 0 fully saturated rings. The van der Waals surface area contributed by atoms with E-state index in [9.17, 15) is 14.4 Å². The van der Waals surface area contributed by atoms with Crippen molar-refractivity contribution in [3.8, 4) is 0 Å². The number of carbonyl (C=O) groups is 3. The van der Waals surface area contributed by atoms with E-state index in [2.05, 4.69) is 13.8 Å². The number of esters is 1. The monoisotopic (exact) mass is 665 g/mol. The van der Waals surface area contributed by atoms with Crippen molar-refractivity contribution in [2.24, 2.45) is 5.92 Å². The van der Waals surface area contributed by atoms with Gasteiger partial charge in [-0.15, -0.1) is 0 Å². The molecule has 5 heteroatoms. The molecule has 0 aromatic rings. The van der Waals surface area contributed by atoms with Crippen molar-refractivity contribution >= 4 is 18.7 Å². The molecule has 0 aliphatic carbocycles. The molecule has 0 spiro atoms. The Morgan fingerprint density at radius 3 is 1.32 bits per heavy atom. The lowest BCUT2D eigenvalue weighted by Gasteiger charge is -2.17. The van der Waals surface area contributed by atoms with Gasteiger partial charge < -0.3 is 14.3 Å². The molecule has 0 heterocycles. The molecule has 0 rings (SSSR count). The number of carbonyl (C=O) groups excluding carboxylic acids is 3. The summed E-state index contributed by atoms with van der Waals surface area (Å²) < 4.78 is 11.1. The summed E-state index contributed by atoms with van der Waals surface area (Å²) in [5, 5.41) is 0. The highest BCUT2D eigenvalue weighted by atomic mass is 16.5. The lowest BCUT2D eigenvalue weighted by Crippen LogP contribution is -2.14. The first-order chi connectivity index (χ1) is 23.2. The van der Waals surface area contributed by atoms with E-state index in [-0.39, 0.29) is 12.1 Å². The van der Waals surface area contributed by atoms with E-state index in [4.69, 9.17) is 9.47 Å². The summed E-state index contributed by atoms with van der Waals surface area (Å²) in [7, 11) is 0. The molecular formula is C42H80O5. The second kappa shape index (κ2) is 39.1. The van der Waals surface area contributed by atoms with Crippen LogP contribution in [0.25, 0.3) is 0 Å². The first-order valence-electron chi connectivity index (χ1n) is 20.9. The molecule has 0 saturated carbocycles. The lowest BCUT2D eigenvalue weighted by atomic mass is 9.95. The summed E-state index contributed by atoms with van der Waals surface area (Å²) >= 11 is 0.